The van der Waals surface area contributed by atoms with Gasteiger partial charge in [0.05, 0.1) is 8.47 Å². The average molecular weight is 375 g/mol. The Hall–Kier alpha value is -1.22. The average Bonchev–Trinajstić information content (AvgIpc) is 2.32. The first-order chi connectivity index (χ1) is 8.47. The van der Waals surface area contributed by atoms with E-state index in [0.29, 0.717) is 10.7 Å². The standard InChI is InChI=1S/C11H10IN3O2S/c1-18(16,17)9-4-2-8(3-5-9)15-11-10(12)6-13-7-14-11/h2-7H,1H3,(H,13,14,15). The minimum absolute atomic E-state index is 0.297. The van der Waals surface area contributed by atoms with Gasteiger partial charge in [-0.25, -0.2) is 18.4 Å². The lowest BCUT2D eigenvalue weighted by Crippen LogP contribution is -1.99. The lowest BCUT2D eigenvalue weighted by molar-refractivity contribution is 0.602. The van der Waals surface area contributed by atoms with Crippen molar-refractivity contribution in [1.82, 2.24) is 9.97 Å². The molecule has 0 amide bonds. The lowest BCUT2D eigenvalue weighted by Gasteiger charge is -2.07. The van der Waals surface area contributed by atoms with Crippen molar-refractivity contribution in [3.63, 3.8) is 0 Å². The van der Waals surface area contributed by atoms with Crippen molar-refractivity contribution < 1.29 is 8.42 Å². The maximum absolute atomic E-state index is 11.3. The van der Waals surface area contributed by atoms with Gasteiger partial charge in [-0.3, -0.25) is 0 Å². The van der Waals surface area contributed by atoms with Gasteiger partial charge in [-0.1, -0.05) is 0 Å². The summed E-state index contributed by atoms with van der Waals surface area (Å²) in [5, 5.41) is 3.10. The summed E-state index contributed by atoms with van der Waals surface area (Å²) in [5.41, 5.74) is 0.777. The van der Waals surface area contributed by atoms with Crippen LogP contribution in [0.5, 0.6) is 0 Å². The predicted molar refractivity (Wildman–Crippen MR) is 77.6 cm³/mol. The number of nitrogens with zero attached hydrogens (tertiary/aromatic N) is 2. The van der Waals surface area contributed by atoms with E-state index in [0.717, 1.165) is 9.26 Å². The Morgan fingerprint density at radius 1 is 1.22 bits per heavy atom. The first kappa shape index (κ1) is 13.2. The van der Waals surface area contributed by atoms with Crippen LogP contribution in [0.25, 0.3) is 0 Å². The molecule has 0 unspecified atom stereocenters. The normalized spacial score (nSPS) is 11.2. The molecule has 0 spiro atoms. The third-order valence-corrected chi connectivity index (χ3v) is 4.13. The molecule has 94 valence electrons. The van der Waals surface area contributed by atoms with Crippen molar-refractivity contribution >= 4 is 43.9 Å². The molecule has 1 heterocycles. The smallest absolute Gasteiger partial charge is 0.175 e. The van der Waals surface area contributed by atoms with E-state index in [1.807, 2.05) is 0 Å². The number of halogens is 1. The first-order valence-electron chi connectivity index (χ1n) is 4.99. The maximum atomic E-state index is 11.3. The van der Waals surface area contributed by atoms with E-state index >= 15 is 0 Å². The molecule has 7 heteroatoms. The number of nitrogens with one attached hydrogen (secondary N) is 1. The van der Waals surface area contributed by atoms with Gasteiger partial charge >= 0.3 is 0 Å². The van der Waals surface area contributed by atoms with Crippen LogP contribution in [-0.4, -0.2) is 24.6 Å². The predicted octanol–water partition coefficient (Wildman–Crippen LogP) is 2.23. The summed E-state index contributed by atoms with van der Waals surface area (Å²) >= 11 is 2.12. The molecule has 0 aliphatic carbocycles. The van der Waals surface area contributed by atoms with Crippen LogP contribution in [0.3, 0.4) is 0 Å². The Kier molecular flexibility index (Phi) is 3.81. The van der Waals surface area contributed by atoms with Gasteiger partial charge in [-0.2, -0.15) is 0 Å². The molecule has 0 fully saturated rings. The summed E-state index contributed by atoms with van der Waals surface area (Å²) in [6.07, 6.45) is 4.33. The first-order valence-corrected chi connectivity index (χ1v) is 7.96. The van der Waals surface area contributed by atoms with Gasteiger partial charge in [0.15, 0.2) is 9.84 Å². The van der Waals surface area contributed by atoms with Gasteiger partial charge in [-0.05, 0) is 46.9 Å². The van der Waals surface area contributed by atoms with Crippen molar-refractivity contribution in [1.29, 1.82) is 0 Å². The molecule has 0 atom stereocenters. The van der Waals surface area contributed by atoms with Crippen molar-refractivity contribution in [2.45, 2.75) is 4.90 Å². The number of hydrogen-bond donors (Lipinski definition) is 1. The summed E-state index contributed by atoms with van der Waals surface area (Å²) in [5.74, 6) is 0.692. The quantitative estimate of drug-likeness (QED) is 0.834. The highest BCUT2D eigenvalue weighted by molar-refractivity contribution is 14.1. The van der Waals surface area contributed by atoms with E-state index in [9.17, 15) is 8.42 Å². The van der Waals surface area contributed by atoms with Crippen LogP contribution in [0.4, 0.5) is 11.5 Å². The zero-order chi connectivity index (χ0) is 13.2. The molecule has 2 rings (SSSR count). The van der Waals surface area contributed by atoms with Gasteiger partial charge in [0.2, 0.25) is 0 Å². The molecule has 1 N–H and O–H groups in total. The molecule has 5 nitrogen and oxygen atoms in total. The Morgan fingerprint density at radius 2 is 1.89 bits per heavy atom. The molecule has 0 bridgehead atoms. The monoisotopic (exact) mass is 375 g/mol. The van der Waals surface area contributed by atoms with Crippen molar-refractivity contribution in [3.05, 3.63) is 40.4 Å². The summed E-state index contributed by atoms with van der Waals surface area (Å²) in [6, 6.07) is 6.53. The Morgan fingerprint density at radius 3 is 2.44 bits per heavy atom. The third-order valence-electron chi connectivity index (χ3n) is 2.21. The summed E-state index contributed by atoms with van der Waals surface area (Å²) < 4.78 is 23.5. The highest BCUT2D eigenvalue weighted by Gasteiger charge is 2.07. The van der Waals surface area contributed by atoms with Gasteiger partial charge < -0.3 is 5.32 Å². The van der Waals surface area contributed by atoms with Gasteiger partial charge in [-0.15, -0.1) is 0 Å². The van der Waals surface area contributed by atoms with Gasteiger partial charge in [0.1, 0.15) is 12.1 Å². The van der Waals surface area contributed by atoms with Crippen molar-refractivity contribution in [2.24, 2.45) is 0 Å². The molecule has 0 saturated carbocycles. The molecule has 18 heavy (non-hydrogen) atoms. The van der Waals surface area contributed by atoms with Crippen LogP contribution in [0, 0.1) is 3.57 Å². The van der Waals surface area contributed by atoms with Crippen molar-refractivity contribution in [2.75, 3.05) is 11.6 Å². The molecular weight excluding hydrogens is 365 g/mol. The Bertz CT molecular complexity index is 656. The Balaban J connectivity index is 2.24. The van der Waals surface area contributed by atoms with Gasteiger partial charge in [0.25, 0.3) is 0 Å². The zero-order valence-corrected chi connectivity index (χ0v) is 12.4. The molecule has 0 radical (unpaired) electrons. The fraction of sp³-hybridized carbons (Fsp3) is 0.0909. The van der Waals surface area contributed by atoms with Crippen LogP contribution in [0.2, 0.25) is 0 Å². The van der Waals surface area contributed by atoms with E-state index in [4.69, 9.17) is 0 Å². The third kappa shape index (κ3) is 3.16. The minimum atomic E-state index is -3.16. The molecule has 1 aromatic carbocycles. The molecule has 0 aliphatic rings. The fourth-order valence-corrected chi connectivity index (χ4v) is 2.39. The topological polar surface area (TPSA) is 72.0 Å². The second-order valence-electron chi connectivity index (χ2n) is 3.64. The van der Waals surface area contributed by atoms with Crippen LogP contribution < -0.4 is 5.32 Å². The van der Waals surface area contributed by atoms with E-state index < -0.39 is 9.84 Å². The minimum Gasteiger partial charge on any atom is -0.339 e. The molecule has 0 aliphatic heterocycles. The zero-order valence-electron chi connectivity index (χ0n) is 9.46. The molecule has 2 aromatic rings. The second kappa shape index (κ2) is 5.19. The summed E-state index contributed by atoms with van der Waals surface area (Å²) in [4.78, 5) is 8.29. The lowest BCUT2D eigenvalue weighted by atomic mass is 10.3. The van der Waals surface area contributed by atoms with Crippen LogP contribution in [-0.2, 0) is 9.84 Å². The maximum Gasteiger partial charge on any atom is 0.175 e. The number of sulfone groups is 1. The fourth-order valence-electron chi connectivity index (χ4n) is 1.33. The number of aromatic nitrogens is 2. The second-order valence-corrected chi connectivity index (χ2v) is 6.82. The van der Waals surface area contributed by atoms with Crippen LogP contribution in [0.15, 0.2) is 41.7 Å². The van der Waals surface area contributed by atoms with Gasteiger partial charge in [0, 0.05) is 18.1 Å². The number of hydrogen-bond acceptors (Lipinski definition) is 5. The van der Waals surface area contributed by atoms with E-state index in [-0.39, 0.29) is 0 Å². The highest BCUT2D eigenvalue weighted by Crippen LogP contribution is 2.20. The molecular formula is C11H10IN3O2S. The summed E-state index contributed by atoms with van der Waals surface area (Å²) in [7, 11) is -3.16. The number of benzene rings is 1. The van der Waals surface area contributed by atoms with E-state index in [1.165, 1.54) is 12.6 Å². The van der Waals surface area contributed by atoms with E-state index in [1.54, 1.807) is 30.5 Å². The van der Waals surface area contributed by atoms with Crippen molar-refractivity contribution in [3.8, 4) is 0 Å². The van der Waals surface area contributed by atoms with Crippen LogP contribution >= 0.6 is 22.6 Å². The molecule has 1 aromatic heterocycles. The highest BCUT2D eigenvalue weighted by atomic mass is 127. The van der Waals surface area contributed by atoms with E-state index in [2.05, 4.69) is 37.9 Å². The Labute approximate surface area is 119 Å². The largest absolute Gasteiger partial charge is 0.339 e. The SMILES string of the molecule is CS(=O)(=O)c1ccc(Nc2ncncc2I)cc1. The molecule has 0 saturated heterocycles. The van der Waals surface area contributed by atoms with Crippen LogP contribution in [0.1, 0.15) is 0 Å². The number of anilines is 2. The number of rotatable bonds is 3. The summed E-state index contributed by atoms with van der Waals surface area (Å²) in [6.45, 7) is 0.